The van der Waals surface area contributed by atoms with Gasteiger partial charge in [-0.1, -0.05) is 11.8 Å². The van der Waals surface area contributed by atoms with Crippen LogP contribution in [0.5, 0.6) is 0 Å². The standard InChI is InChI=1S/C19H22N4O4/c1-2-3-4-5-8-20-17-7-6-16(15-18(17)23(25)26)19(24)21-9-10-22-11-13-27-14-12-22/h6-7,15,20H,8-14H2,1H3,(H,21,24). The van der Waals surface area contributed by atoms with Gasteiger partial charge >= 0.3 is 0 Å². The molecule has 142 valence electrons. The SMILES string of the molecule is CC#CC#CCNc1ccc(C(=O)NCCN2CCOCC2)cc1[N+](=O)[O-]. The lowest BCUT2D eigenvalue weighted by molar-refractivity contribution is -0.384. The average Bonchev–Trinajstić information content (AvgIpc) is 2.68. The van der Waals surface area contributed by atoms with Crippen molar-refractivity contribution in [1.29, 1.82) is 0 Å². The largest absolute Gasteiger partial charge is 0.379 e. The van der Waals surface area contributed by atoms with Gasteiger partial charge in [0.1, 0.15) is 5.69 Å². The van der Waals surface area contributed by atoms with Gasteiger partial charge in [0, 0.05) is 37.8 Å². The van der Waals surface area contributed by atoms with Gasteiger partial charge < -0.3 is 15.4 Å². The molecule has 1 aliphatic heterocycles. The molecule has 1 fully saturated rings. The summed E-state index contributed by atoms with van der Waals surface area (Å²) in [5.74, 6) is 10.3. The Kier molecular flexibility index (Phi) is 8.11. The minimum absolute atomic E-state index is 0.167. The third kappa shape index (κ3) is 6.63. The Labute approximate surface area is 158 Å². The monoisotopic (exact) mass is 370 g/mol. The molecular formula is C19H22N4O4. The van der Waals surface area contributed by atoms with Gasteiger partial charge in [0.05, 0.1) is 24.7 Å². The fourth-order valence-electron chi connectivity index (χ4n) is 2.52. The number of hydrogen-bond donors (Lipinski definition) is 2. The van der Waals surface area contributed by atoms with Crippen LogP contribution in [-0.4, -0.2) is 61.7 Å². The third-order valence-corrected chi connectivity index (χ3v) is 3.92. The summed E-state index contributed by atoms with van der Waals surface area (Å²) in [7, 11) is 0. The first-order valence-corrected chi connectivity index (χ1v) is 8.62. The first kappa shape index (κ1) is 20.2. The molecule has 0 spiro atoms. The normalized spacial score (nSPS) is 13.5. The van der Waals surface area contributed by atoms with E-state index in [1.807, 2.05) is 0 Å². The van der Waals surface area contributed by atoms with E-state index in [1.54, 1.807) is 13.0 Å². The van der Waals surface area contributed by atoms with Crippen LogP contribution in [0.2, 0.25) is 0 Å². The van der Waals surface area contributed by atoms with Crippen molar-refractivity contribution in [3.05, 3.63) is 33.9 Å². The molecule has 8 heteroatoms. The topological polar surface area (TPSA) is 96.7 Å². The number of amides is 1. The summed E-state index contributed by atoms with van der Waals surface area (Å²) in [5.41, 5.74) is 0.389. The van der Waals surface area contributed by atoms with Gasteiger partial charge in [-0.3, -0.25) is 19.8 Å². The van der Waals surface area contributed by atoms with Crippen molar-refractivity contribution in [2.24, 2.45) is 0 Å². The molecule has 1 aliphatic rings. The lowest BCUT2D eigenvalue weighted by Crippen LogP contribution is -2.41. The van der Waals surface area contributed by atoms with Gasteiger partial charge in [-0.25, -0.2) is 0 Å². The lowest BCUT2D eigenvalue weighted by Gasteiger charge is -2.26. The van der Waals surface area contributed by atoms with Crippen molar-refractivity contribution in [3.8, 4) is 23.7 Å². The Hall–Kier alpha value is -3.07. The lowest BCUT2D eigenvalue weighted by atomic mass is 10.1. The quantitative estimate of drug-likeness (QED) is 0.424. The van der Waals surface area contributed by atoms with E-state index in [2.05, 4.69) is 39.2 Å². The number of nitro benzene ring substituents is 1. The summed E-state index contributed by atoms with van der Waals surface area (Å²) < 4.78 is 5.28. The molecule has 1 aromatic rings. The highest BCUT2D eigenvalue weighted by Crippen LogP contribution is 2.25. The summed E-state index contributed by atoms with van der Waals surface area (Å²) >= 11 is 0. The maximum atomic E-state index is 12.3. The molecule has 0 saturated carbocycles. The maximum Gasteiger partial charge on any atom is 0.293 e. The summed E-state index contributed by atoms with van der Waals surface area (Å²) in [6.45, 7) is 6.17. The minimum Gasteiger partial charge on any atom is -0.379 e. The van der Waals surface area contributed by atoms with E-state index in [4.69, 9.17) is 4.74 Å². The smallest absolute Gasteiger partial charge is 0.293 e. The number of rotatable bonds is 7. The number of carbonyl (C=O) groups excluding carboxylic acids is 1. The summed E-state index contributed by atoms with van der Waals surface area (Å²) in [5, 5.41) is 17.0. The zero-order valence-electron chi connectivity index (χ0n) is 15.2. The van der Waals surface area contributed by atoms with Crippen LogP contribution in [0.25, 0.3) is 0 Å². The first-order chi connectivity index (χ1) is 13.1. The fraction of sp³-hybridized carbons (Fsp3) is 0.421. The van der Waals surface area contributed by atoms with Crippen LogP contribution in [0.1, 0.15) is 17.3 Å². The first-order valence-electron chi connectivity index (χ1n) is 8.62. The molecule has 0 unspecified atom stereocenters. The van der Waals surface area contributed by atoms with Gasteiger partial charge in [0.15, 0.2) is 0 Å². The van der Waals surface area contributed by atoms with Crippen LogP contribution >= 0.6 is 0 Å². The van der Waals surface area contributed by atoms with E-state index in [9.17, 15) is 14.9 Å². The molecule has 1 amide bonds. The Morgan fingerprint density at radius 1 is 1.33 bits per heavy atom. The van der Waals surface area contributed by atoms with E-state index in [1.165, 1.54) is 12.1 Å². The zero-order valence-corrected chi connectivity index (χ0v) is 15.2. The van der Waals surface area contributed by atoms with Crippen LogP contribution in [0.3, 0.4) is 0 Å². The average molecular weight is 370 g/mol. The van der Waals surface area contributed by atoms with Gasteiger partial charge in [-0.2, -0.15) is 0 Å². The van der Waals surface area contributed by atoms with E-state index < -0.39 is 4.92 Å². The number of anilines is 1. The second-order valence-electron chi connectivity index (χ2n) is 5.73. The maximum absolute atomic E-state index is 12.3. The van der Waals surface area contributed by atoms with Crippen LogP contribution in [0.4, 0.5) is 11.4 Å². The minimum atomic E-state index is -0.522. The van der Waals surface area contributed by atoms with Gasteiger partial charge in [0.2, 0.25) is 0 Å². The second kappa shape index (κ2) is 10.8. The predicted octanol–water partition coefficient (Wildman–Crippen LogP) is 1.10. The molecule has 1 heterocycles. The molecule has 0 radical (unpaired) electrons. The molecule has 0 atom stereocenters. The van der Waals surface area contributed by atoms with E-state index in [-0.39, 0.29) is 23.7 Å². The molecule has 1 saturated heterocycles. The Balaban J connectivity index is 1.94. The summed E-state index contributed by atoms with van der Waals surface area (Å²) in [6, 6.07) is 4.34. The molecule has 2 rings (SSSR count). The molecule has 8 nitrogen and oxygen atoms in total. The van der Waals surface area contributed by atoms with Crippen molar-refractivity contribution in [3.63, 3.8) is 0 Å². The molecule has 27 heavy (non-hydrogen) atoms. The molecule has 0 aliphatic carbocycles. The molecule has 0 bridgehead atoms. The highest BCUT2D eigenvalue weighted by atomic mass is 16.6. The van der Waals surface area contributed by atoms with Crippen molar-refractivity contribution in [1.82, 2.24) is 10.2 Å². The number of ether oxygens (including phenoxy) is 1. The molecule has 1 aromatic carbocycles. The number of nitro groups is 1. The number of hydrogen-bond acceptors (Lipinski definition) is 6. The third-order valence-electron chi connectivity index (χ3n) is 3.92. The zero-order chi connectivity index (χ0) is 19.5. The van der Waals surface area contributed by atoms with E-state index in [0.717, 1.165) is 19.6 Å². The Morgan fingerprint density at radius 2 is 2.11 bits per heavy atom. The fourth-order valence-corrected chi connectivity index (χ4v) is 2.52. The van der Waals surface area contributed by atoms with Crippen molar-refractivity contribution >= 4 is 17.3 Å². The molecule has 2 N–H and O–H groups in total. The van der Waals surface area contributed by atoms with Crippen LogP contribution in [-0.2, 0) is 4.74 Å². The van der Waals surface area contributed by atoms with Crippen molar-refractivity contribution < 1.29 is 14.5 Å². The van der Waals surface area contributed by atoms with E-state index >= 15 is 0 Å². The number of nitrogens with one attached hydrogen (secondary N) is 2. The highest BCUT2D eigenvalue weighted by Gasteiger charge is 2.17. The second-order valence-corrected chi connectivity index (χ2v) is 5.73. The van der Waals surface area contributed by atoms with Crippen molar-refractivity contribution in [2.45, 2.75) is 6.92 Å². The molecule has 0 aromatic heterocycles. The van der Waals surface area contributed by atoms with Crippen LogP contribution in [0.15, 0.2) is 18.2 Å². The number of morpholine rings is 1. The Morgan fingerprint density at radius 3 is 2.81 bits per heavy atom. The van der Waals surface area contributed by atoms with Crippen molar-refractivity contribution in [2.75, 3.05) is 51.3 Å². The van der Waals surface area contributed by atoms with Crippen LogP contribution < -0.4 is 10.6 Å². The Bertz CT molecular complexity index is 795. The van der Waals surface area contributed by atoms with E-state index in [0.29, 0.717) is 25.4 Å². The van der Waals surface area contributed by atoms with Gasteiger partial charge in [-0.15, -0.1) is 0 Å². The molecular weight excluding hydrogens is 348 g/mol. The number of nitrogens with zero attached hydrogens (tertiary/aromatic N) is 2. The summed E-state index contributed by atoms with van der Waals surface area (Å²) in [4.78, 5) is 25.3. The highest BCUT2D eigenvalue weighted by molar-refractivity contribution is 5.95. The summed E-state index contributed by atoms with van der Waals surface area (Å²) in [6.07, 6.45) is 0. The van der Waals surface area contributed by atoms with Gasteiger partial charge in [0.25, 0.3) is 11.6 Å². The number of benzene rings is 1. The predicted molar refractivity (Wildman–Crippen MR) is 102 cm³/mol. The van der Waals surface area contributed by atoms with Crippen LogP contribution in [0, 0.1) is 33.8 Å². The van der Waals surface area contributed by atoms with Gasteiger partial charge in [-0.05, 0) is 30.9 Å². The number of carbonyl (C=O) groups is 1.